The highest BCUT2D eigenvalue weighted by molar-refractivity contribution is 5.84. The van der Waals surface area contributed by atoms with Crippen LogP contribution in [0.15, 0.2) is 11.0 Å². The smallest absolute Gasteiger partial charge is 0.412 e. The maximum absolute atomic E-state index is 12.3. The highest BCUT2D eigenvalue weighted by Crippen LogP contribution is 2.28. The largest absolute Gasteiger partial charge is 0.449 e. The summed E-state index contributed by atoms with van der Waals surface area (Å²) in [5.41, 5.74) is -0.681. The Bertz CT molecular complexity index is 756. The molecular formula is C18H25N3O6. The number of hydrogen-bond donors (Lipinski definition) is 3. The van der Waals surface area contributed by atoms with Gasteiger partial charge < -0.3 is 19.7 Å². The molecule has 1 aliphatic heterocycles. The third kappa shape index (κ3) is 5.07. The molecule has 1 fully saturated rings. The molecule has 9 nitrogen and oxygen atoms in total. The van der Waals surface area contributed by atoms with Crippen molar-refractivity contribution in [3.8, 4) is 12.3 Å². The summed E-state index contributed by atoms with van der Waals surface area (Å²) in [6, 6.07) is 0. The van der Waals surface area contributed by atoms with E-state index in [2.05, 4.69) is 23.1 Å². The SMILES string of the molecule is C#Cc1cn([C@@H]2O[C@H](C)C(O)C2O)c(=O)nc1NC(=O)OCCCCCC. The fourth-order valence-electron chi connectivity index (χ4n) is 2.74. The van der Waals surface area contributed by atoms with E-state index in [1.54, 1.807) is 6.92 Å². The summed E-state index contributed by atoms with van der Waals surface area (Å²) in [6.07, 6.45) is 5.54. The number of anilines is 1. The fourth-order valence-corrected chi connectivity index (χ4v) is 2.74. The van der Waals surface area contributed by atoms with E-state index in [1.165, 1.54) is 6.20 Å². The highest BCUT2D eigenvalue weighted by atomic mass is 16.6. The van der Waals surface area contributed by atoms with Gasteiger partial charge in [-0.1, -0.05) is 32.1 Å². The van der Waals surface area contributed by atoms with E-state index in [1.807, 2.05) is 0 Å². The molecule has 0 spiro atoms. The lowest BCUT2D eigenvalue weighted by molar-refractivity contribution is -0.0350. The third-order valence-corrected chi connectivity index (χ3v) is 4.31. The monoisotopic (exact) mass is 379 g/mol. The molecule has 27 heavy (non-hydrogen) atoms. The maximum atomic E-state index is 12.3. The van der Waals surface area contributed by atoms with Crippen molar-refractivity contribution in [3.63, 3.8) is 0 Å². The first-order valence-corrected chi connectivity index (χ1v) is 8.94. The van der Waals surface area contributed by atoms with Gasteiger partial charge >= 0.3 is 11.8 Å². The first-order valence-electron chi connectivity index (χ1n) is 8.94. The Morgan fingerprint density at radius 3 is 2.74 bits per heavy atom. The Balaban J connectivity index is 2.09. The van der Waals surface area contributed by atoms with Crippen LogP contribution in [-0.2, 0) is 9.47 Å². The summed E-state index contributed by atoms with van der Waals surface area (Å²) in [7, 11) is 0. The minimum atomic E-state index is -1.31. The second-order valence-electron chi connectivity index (χ2n) is 6.37. The number of hydrogen-bond acceptors (Lipinski definition) is 7. The second-order valence-corrected chi connectivity index (χ2v) is 6.37. The number of aliphatic hydroxyl groups is 2. The molecule has 4 atom stereocenters. The Morgan fingerprint density at radius 2 is 2.15 bits per heavy atom. The van der Waals surface area contributed by atoms with Gasteiger partial charge in [-0.25, -0.2) is 9.59 Å². The highest BCUT2D eigenvalue weighted by Gasteiger charge is 2.42. The van der Waals surface area contributed by atoms with Crippen molar-refractivity contribution in [1.82, 2.24) is 9.55 Å². The van der Waals surface area contributed by atoms with Gasteiger partial charge in [-0.3, -0.25) is 9.88 Å². The van der Waals surface area contributed by atoms with E-state index in [-0.39, 0.29) is 18.0 Å². The molecule has 1 aromatic heterocycles. The van der Waals surface area contributed by atoms with Crippen LogP contribution in [0.25, 0.3) is 0 Å². The molecule has 148 valence electrons. The standard InChI is InChI=1S/C18H25N3O6/c1-4-6-7-8-9-26-18(25)20-15-12(5-2)10-21(17(24)19-15)16-14(23)13(22)11(3)27-16/h2,10-11,13-14,16,22-23H,4,6-9H2,1,3H3,(H,19,20,24,25)/t11-,13?,14?,16-/m1/s1. The number of nitrogens with one attached hydrogen (secondary N) is 1. The number of terminal acetylenes is 1. The van der Waals surface area contributed by atoms with Crippen molar-refractivity contribution < 1.29 is 24.5 Å². The molecule has 0 aliphatic carbocycles. The number of unbranched alkanes of at least 4 members (excludes halogenated alkanes) is 3. The van der Waals surface area contributed by atoms with Crippen molar-refractivity contribution in [2.24, 2.45) is 0 Å². The van der Waals surface area contributed by atoms with Crippen LogP contribution < -0.4 is 11.0 Å². The van der Waals surface area contributed by atoms with Crippen LogP contribution in [0.4, 0.5) is 10.6 Å². The number of ether oxygens (including phenoxy) is 2. The third-order valence-electron chi connectivity index (χ3n) is 4.31. The first-order chi connectivity index (χ1) is 12.9. The fraction of sp³-hybridized carbons (Fsp3) is 0.611. The van der Waals surface area contributed by atoms with Crippen LogP contribution >= 0.6 is 0 Å². The van der Waals surface area contributed by atoms with Gasteiger partial charge in [0, 0.05) is 6.20 Å². The van der Waals surface area contributed by atoms with Crippen molar-refractivity contribution >= 4 is 11.9 Å². The quantitative estimate of drug-likeness (QED) is 0.477. The molecule has 1 amide bonds. The van der Waals surface area contributed by atoms with Gasteiger partial charge in [-0.05, 0) is 13.3 Å². The summed E-state index contributed by atoms with van der Waals surface area (Å²) in [6.45, 7) is 3.91. The second kappa shape index (κ2) is 9.50. The Morgan fingerprint density at radius 1 is 1.41 bits per heavy atom. The van der Waals surface area contributed by atoms with Crippen molar-refractivity contribution in [2.45, 2.75) is 64.1 Å². The minimum absolute atomic E-state index is 0.113. The predicted octanol–water partition coefficient (Wildman–Crippen LogP) is 0.992. The molecule has 9 heteroatoms. The van der Waals surface area contributed by atoms with Crippen LogP contribution in [0.3, 0.4) is 0 Å². The molecule has 2 heterocycles. The van der Waals surface area contributed by atoms with Gasteiger partial charge in [0.05, 0.1) is 18.3 Å². The molecule has 1 aromatic rings. The van der Waals surface area contributed by atoms with Gasteiger partial charge in [0.25, 0.3) is 0 Å². The van der Waals surface area contributed by atoms with Crippen LogP contribution in [0.1, 0.15) is 51.3 Å². The van der Waals surface area contributed by atoms with Crippen LogP contribution in [-0.4, -0.2) is 50.8 Å². The number of aromatic nitrogens is 2. The van der Waals surface area contributed by atoms with Gasteiger partial charge in [0.2, 0.25) is 0 Å². The number of rotatable bonds is 7. The summed E-state index contributed by atoms with van der Waals surface area (Å²) in [4.78, 5) is 27.9. The summed E-state index contributed by atoms with van der Waals surface area (Å²) >= 11 is 0. The lowest BCUT2D eigenvalue weighted by Crippen LogP contribution is -2.36. The summed E-state index contributed by atoms with van der Waals surface area (Å²) < 4.78 is 11.4. The Kier molecular flexibility index (Phi) is 7.36. The maximum Gasteiger partial charge on any atom is 0.412 e. The lowest BCUT2D eigenvalue weighted by atomic mass is 10.1. The van der Waals surface area contributed by atoms with E-state index < -0.39 is 36.3 Å². The number of carbonyl (C=O) groups excluding carboxylic acids is 1. The van der Waals surface area contributed by atoms with E-state index >= 15 is 0 Å². The molecule has 1 aliphatic rings. The van der Waals surface area contributed by atoms with Gasteiger partial charge in [-0.15, -0.1) is 6.42 Å². The zero-order valence-electron chi connectivity index (χ0n) is 15.4. The summed E-state index contributed by atoms with van der Waals surface area (Å²) in [5, 5.41) is 22.2. The van der Waals surface area contributed by atoms with E-state index in [9.17, 15) is 19.8 Å². The van der Waals surface area contributed by atoms with Gasteiger partial charge in [-0.2, -0.15) is 4.98 Å². The minimum Gasteiger partial charge on any atom is -0.449 e. The molecule has 2 unspecified atom stereocenters. The van der Waals surface area contributed by atoms with Crippen molar-refractivity contribution in [1.29, 1.82) is 0 Å². The average molecular weight is 379 g/mol. The first kappa shape index (κ1) is 20.9. The molecule has 0 radical (unpaired) electrons. The zero-order chi connectivity index (χ0) is 20.0. The predicted molar refractivity (Wildman–Crippen MR) is 97.1 cm³/mol. The normalized spacial score (nSPS) is 24.4. The molecule has 0 bridgehead atoms. The van der Waals surface area contributed by atoms with Gasteiger partial charge in [0.15, 0.2) is 12.0 Å². The van der Waals surface area contributed by atoms with Crippen LogP contribution in [0, 0.1) is 12.3 Å². The number of aliphatic hydroxyl groups excluding tert-OH is 2. The van der Waals surface area contributed by atoms with Crippen LogP contribution in [0.2, 0.25) is 0 Å². The van der Waals surface area contributed by atoms with Gasteiger partial charge in [0.1, 0.15) is 12.2 Å². The van der Waals surface area contributed by atoms with Crippen molar-refractivity contribution in [3.05, 3.63) is 22.2 Å². The summed E-state index contributed by atoms with van der Waals surface area (Å²) in [5.74, 6) is 2.21. The zero-order valence-corrected chi connectivity index (χ0v) is 15.4. The number of nitrogens with zero attached hydrogens (tertiary/aromatic N) is 2. The Hall–Kier alpha value is -2.41. The lowest BCUT2D eigenvalue weighted by Gasteiger charge is -2.18. The molecule has 2 rings (SSSR count). The number of amides is 1. The van der Waals surface area contributed by atoms with Crippen LogP contribution in [0.5, 0.6) is 0 Å². The molecule has 0 saturated carbocycles. The number of carbonyl (C=O) groups is 1. The molecule has 0 aromatic carbocycles. The van der Waals surface area contributed by atoms with E-state index in [0.717, 1.165) is 30.3 Å². The Labute approximate surface area is 157 Å². The molecule has 1 saturated heterocycles. The van der Waals surface area contributed by atoms with E-state index in [0.29, 0.717) is 0 Å². The molecule has 3 N–H and O–H groups in total. The topological polar surface area (TPSA) is 123 Å². The van der Waals surface area contributed by atoms with Crippen molar-refractivity contribution in [2.75, 3.05) is 11.9 Å². The molecular weight excluding hydrogens is 354 g/mol. The van der Waals surface area contributed by atoms with E-state index in [4.69, 9.17) is 15.9 Å². The average Bonchev–Trinajstić information content (AvgIpc) is 2.89.